The van der Waals surface area contributed by atoms with Crippen LogP contribution in [0.25, 0.3) is 10.8 Å². The van der Waals surface area contributed by atoms with Gasteiger partial charge >= 0.3 is 0 Å². The monoisotopic (exact) mass is 646 g/mol. The lowest BCUT2D eigenvalue weighted by molar-refractivity contribution is 0.0245. The molecule has 1 unspecified atom stereocenters. The van der Waals surface area contributed by atoms with Crippen molar-refractivity contribution < 1.29 is 19.4 Å². The Balaban J connectivity index is 1.03. The predicted molar refractivity (Wildman–Crippen MR) is 186 cm³/mol. The lowest BCUT2D eigenvalue weighted by Gasteiger charge is -2.30. The number of benzene rings is 4. The second kappa shape index (κ2) is 12.8. The number of carbonyl (C=O) groups excluding carboxylic acids is 1. The number of aliphatic hydroxyl groups is 1. The van der Waals surface area contributed by atoms with Crippen LogP contribution in [0.2, 0.25) is 18.6 Å². The summed E-state index contributed by atoms with van der Waals surface area (Å²) in [4.78, 5) is 26.7. The van der Waals surface area contributed by atoms with Crippen molar-refractivity contribution in [3.63, 3.8) is 0 Å². The summed E-state index contributed by atoms with van der Waals surface area (Å²) >= 11 is 0. The van der Waals surface area contributed by atoms with E-state index in [1.165, 1.54) is 0 Å². The van der Waals surface area contributed by atoms with Crippen LogP contribution < -0.4 is 4.90 Å². The van der Waals surface area contributed by atoms with Crippen LogP contribution in [0, 0.1) is 5.92 Å². The van der Waals surface area contributed by atoms with Crippen LogP contribution in [0.3, 0.4) is 0 Å². The van der Waals surface area contributed by atoms with Crippen LogP contribution in [0.5, 0.6) is 0 Å². The van der Waals surface area contributed by atoms with Crippen LogP contribution in [0.1, 0.15) is 52.9 Å². The highest BCUT2D eigenvalue weighted by atomic mass is 28.4. The molecule has 1 amide bonds. The van der Waals surface area contributed by atoms with E-state index in [-0.39, 0.29) is 42.1 Å². The summed E-state index contributed by atoms with van der Waals surface area (Å²) in [7, 11) is -2.54. The van der Waals surface area contributed by atoms with Gasteiger partial charge in [0.2, 0.25) is 0 Å². The fraction of sp³-hybridized carbons (Fsp3) is 0.342. The fourth-order valence-electron chi connectivity index (χ4n) is 7.91. The topological polar surface area (TPSA) is 101 Å². The van der Waals surface area contributed by atoms with Gasteiger partial charge in [-0.25, -0.2) is 0 Å². The average molecular weight is 647 g/mol. The second-order valence-electron chi connectivity index (χ2n) is 13.6. The Morgan fingerprint density at radius 2 is 1.70 bits per heavy atom. The smallest absolute Gasteiger partial charge is 0.263 e. The molecule has 1 saturated heterocycles. The highest BCUT2D eigenvalue weighted by molar-refractivity contribution is 6.71. The van der Waals surface area contributed by atoms with Gasteiger partial charge in [0.05, 0.1) is 41.7 Å². The van der Waals surface area contributed by atoms with E-state index in [0.29, 0.717) is 6.54 Å². The molecule has 0 spiro atoms. The molecular weight excluding hydrogens is 605 g/mol. The Kier molecular flexibility index (Phi) is 8.57. The van der Waals surface area contributed by atoms with Crippen LogP contribution in [-0.4, -0.2) is 57.9 Å². The zero-order chi connectivity index (χ0) is 32.7. The van der Waals surface area contributed by atoms with Crippen molar-refractivity contribution in [3.8, 4) is 0 Å². The molecule has 5 atom stereocenters. The molecule has 9 heteroatoms. The number of nitrogens with zero attached hydrogens (tertiary/aromatic N) is 4. The molecule has 1 fully saturated rings. The number of hydrogen-bond donors (Lipinski definition) is 2. The minimum Gasteiger partial charge on any atom is -0.432 e. The first-order valence-electron chi connectivity index (χ1n) is 16.6. The number of rotatable bonds is 11. The maximum atomic E-state index is 13.5. The molecular formula is C38H42N4O4Si. The summed E-state index contributed by atoms with van der Waals surface area (Å²) in [6, 6.07) is 30.1. The number of hydrogen-bond acceptors (Lipinski definition) is 6. The first-order valence-corrected chi connectivity index (χ1v) is 19.6. The summed E-state index contributed by atoms with van der Waals surface area (Å²) in [5.41, 5.74) is 5.55. The van der Waals surface area contributed by atoms with Gasteiger partial charge in [0.1, 0.15) is 0 Å². The van der Waals surface area contributed by atoms with Crippen molar-refractivity contribution in [1.82, 2.24) is 15.0 Å². The Morgan fingerprint density at radius 3 is 2.47 bits per heavy atom. The lowest BCUT2D eigenvalue weighted by atomic mass is 9.95. The van der Waals surface area contributed by atoms with E-state index < -0.39 is 8.32 Å². The first-order chi connectivity index (χ1) is 22.7. The third-order valence-electron chi connectivity index (χ3n) is 10.1. The maximum absolute atomic E-state index is 13.5. The van der Waals surface area contributed by atoms with Gasteiger partial charge in [-0.2, -0.15) is 0 Å². The molecule has 7 rings (SSSR count). The Bertz CT molecular complexity index is 1880. The summed E-state index contributed by atoms with van der Waals surface area (Å²) in [5.74, 6) is -0.000960. The normalized spacial score (nSPS) is 21.6. The number of anilines is 2. The van der Waals surface area contributed by atoms with E-state index in [9.17, 15) is 14.7 Å². The van der Waals surface area contributed by atoms with Gasteiger partial charge in [-0.15, -0.1) is 5.10 Å². The van der Waals surface area contributed by atoms with Crippen LogP contribution in [0.4, 0.5) is 11.4 Å². The molecule has 2 N–H and O–H groups in total. The van der Waals surface area contributed by atoms with Crippen molar-refractivity contribution in [2.24, 2.45) is 5.92 Å². The highest BCUT2D eigenvalue weighted by Crippen LogP contribution is 2.46. The number of amides is 1. The van der Waals surface area contributed by atoms with Crippen LogP contribution in [-0.2, 0) is 17.7 Å². The maximum Gasteiger partial charge on any atom is 0.263 e. The van der Waals surface area contributed by atoms with Crippen molar-refractivity contribution in [2.75, 3.05) is 11.5 Å². The molecule has 0 saturated carbocycles. The number of carbonyl (C=O) groups is 1. The summed E-state index contributed by atoms with van der Waals surface area (Å²) in [6.07, 6.45) is 4.21. The molecule has 0 aliphatic carbocycles. The summed E-state index contributed by atoms with van der Waals surface area (Å²) in [6.45, 7) is 6.83. The van der Waals surface area contributed by atoms with E-state index in [1.807, 2.05) is 95.6 Å². The quantitative estimate of drug-likeness (QED) is 0.153. The van der Waals surface area contributed by atoms with E-state index in [2.05, 4.69) is 41.5 Å². The summed E-state index contributed by atoms with van der Waals surface area (Å²) < 4.78 is 8.57. The zero-order valence-corrected chi connectivity index (χ0v) is 28.2. The van der Waals surface area contributed by atoms with Crippen molar-refractivity contribution in [1.29, 1.82) is 0 Å². The highest BCUT2D eigenvalue weighted by Gasteiger charge is 2.49. The molecule has 2 aliphatic rings. The fourth-order valence-corrected chi connectivity index (χ4v) is 10.6. The largest absolute Gasteiger partial charge is 0.432 e. The van der Waals surface area contributed by atoms with Crippen molar-refractivity contribution in [2.45, 2.75) is 69.5 Å². The molecule has 8 nitrogen and oxygen atoms in total. The Hall–Kier alpha value is -4.15. The minimum absolute atomic E-state index is 0.00830. The van der Waals surface area contributed by atoms with E-state index in [1.54, 1.807) is 0 Å². The molecule has 0 radical (unpaired) electrons. The molecule has 47 heavy (non-hydrogen) atoms. The van der Waals surface area contributed by atoms with Gasteiger partial charge in [0.15, 0.2) is 8.32 Å². The Labute approximate surface area is 276 Å². The van der Waals surface area contributed by atoms with Crippen LogP contribution >= 0.6 is 0 Å². The molecule has 4 aromatic carbocycles. The molecule has 1 aromatic heterocycles. The van der Waals surface area contributed by atoms with Gasteiger partial charge in [0, 0.05) is 29.4 Å². The van der Waals surface area contributed by atoms with E-state index in [0.717, 1.165) is 63.8 Å². The zero-order valence-electron chi connectivity index (χ0n) is 27.2. The average Bonchev–Trinajstić information content (AvgIpc) is 3.75. The van der Waals surface area contributed by atoms with Crippen molar-refractivity contribution >= 4 is 36.4 Å². The van der Waals surface area contributed by atoms with Crippen molar-refractivity contribution in [3.05, 3.63) is 120 Å². The van der Waals surface area contributed by atoms with Gasteiger partial charge < -0.3 is 14.6 Å². The van der Waals surface area contributed by atoms with E-state index >= 15 is 0 Å². The number of aliphatic hydroxyl groups excluding tert-OH is 1. The van der Waals surface area contributed by atoms with Gasteiger partial charge in [-0.3, -0.25) is 14.4 Å². The standard InChI is InChI=1S/C38H42N4O4Si/c1-25-34(19-18-26-10-7-15-29(22-26)42-33-17-9-14-28-13-8-16-30(36(28)33)38(42)44)46-35(37(25)47(2,3)45)20-21-41-23-32(39-40-41)31(24-43)27-11-5-4-6-12-27/h4-17,22-23,25,31,34-35,37,43,45H,18-21,24H2,1-3H3/t25-,31?,34+,35-,37+/m0/s1. The van der Waals surface area contributed by atoms with Crippen LogP contribution in [0.15, 0.2) is 97.2 Å². The first kappa shape index (κ1) is 31.4. The lowest BCUT2D eigenvalue weighted by Crippen LogP contribution is -2.40. The number of aromatic nitrogens is 3. The molecule has 5 aromatic rings. The third kappa shape index (κ3) is 6.04. The number of ether oxygens (including phenoxy) is 1. The van der Waals surface area contributed by atoms with Gasteiger partial charge in [-0.1, -0.05) is 78.9 Å². The molecule has 3 heterocycles. The minimum atomic E-state index is -2.54. The van der Waals surface area contributed by atoms with Gasteiger partial charge in [0.25, 0.3) is 5.91 Å². The second-order valence-corrected chi connectivity index (χ2v) is 17.6. The Morgan fingerprint density at radius 1 is 0.936 bits per heavy atom. The SMILES string of the molecule is C[C@@H]1[C@@H]([Si](C)(C)O)[C@H](CCn2cc(C(CO)c3ccccc3)nn2)O[C@@H]1CCc1cccc(N2C(=O)c3cccc4cccc2c34)c1. The molecule has 242 valence electrons. The van der Waals surface area contributed by atoms with E-state index in [4.69, 9.17) is 4.74 Å². The molecule has 2 aliphatic heterocycles. The summed E-state index contributed by atoms with van der Waals surface area (Å²) in [5, 5.41) is 20.9. The predicted octanol–water partition coefficient (Wildman–Crippen LogP) is 6.84. The number of aryl methyl sites for hydroxylation is 2. The third-order valence-corrected chi connectivity index (χ3v) is 12.6. The molecule has 0 bridgehead atoms. The van der Waals surface area contributed by atoms with Gasteiger partial charge in [-0.05, 0) is 79.1 Å².